The summed E-state index contributed by atoms with van der Waals surface area (Å²) in [5, 5.41) is 11.8. The molecule has 0 bridgehead atoms. The molecule has 8 heteroatoms. The summed E-state index contributed by atoms with van der Waals surface area (Å²) in [6, 6.07) is 0.0569. The molecule has 0 spiro atoms. The van der Waals surface area contributed by atoms with E-state index in [4.69, 9.17) is 14.8 Å². The van der Waals surface area contributed by atoms with E-state index in [9.17, 15) is 9.59 Å². The summed E-state index contributed by atoms with van der Waals surface area (Å²) in [6.45, 7) is 6.55. The van der Waals surface area contributed by atoms with Crippen molar-refractivity contribution in [1.29, 1.82) is 0 Å². The van der Waals surface area contributed by atoms with E-state index in [0.717, 1.165) is 19.3 Å². The third-order valence-corrected chi connectivity index (χ3v) is 4.44. The molecule has 1 heterocycles. The van der Waals surface area contributed by atoms with Crippen LogP contribution in [0.1, 0.15) is 46.5 Å². The average molecular weight is 359 g/mol. The quantitative estimate of drug-likeness (QED) is 0.636. The lowest BCUT2D eigenvalue weighted by molar-refractivity contribution is -0.171. The van der Waals surface area contributed by atoms with Crippen LogP contribution in [0.3, 0.4) is 0 Å². The van der Waals surface area contributed by atoms with Gasteiger partial charge in [-0.25, -0.2) is 0 Å². The van der Waals surface area contributed by atoms with E-state index in [1.165, 1.54) is 0 Å². The van der Waals surface area contributed by atoms with Crippen LogP contribution in [0.2, 0.25) is 0 Å². The van der Waals surface area contributed by atoms with Gasteiger partial charge in [-0.2, -0.15) is 0 Å². The first kappa shape index (κ1) is 21.8. The Bertz CT molecular complexity index is 419. The van der Waals surface area contributed by atoms with E-state index in [1.807, 2.05) is 20.8 Å². The van der Waals surface area contributed by atoms with Crippen LogP contribution in [0.5, 0.6) is 0 Å². The Morgan fingerprint density at radius 1 is 1.40 bits per heavy atom. The molecular weight excluding hydrogens is 326 g/mol. The normalized spacial score (nSPS) is 27.4. The number of rotatable bonds is 5. The van der Waals surface area contributed by atoms with Gasteiger partial charge in [-0.05, 0) is 38.5 Å². The van der Waals surface area contributed by atoms with Crippen LogP contribution in [0.25, 0.3) is 0 Å². The molecule has 1 aliphatic heterocycles. The number of likely N-dealkylation sites (N-methyl/N-ethyl adjacent to an activating group) is 1. The minimum Gasteiger partial charge on any atom is -0.365 e. The minimum absolute atomic E-state index is 0.0350. The van der Waals surface area contributed by atoms with Crippen LogP contribution < -0.4 is 11.0 Å². The monoisotopic (exact) mass is 359 g/mol. The van der Waals surface area contributed by atoms with Crippen molar-refractivity contribution in [1.82, 2.24) is 15.9 Å². The molecule has 3 atom stereocenters. The van der Waals surface area contributed by atoms with Crippen molar-refractivity contribution in [2.75, 3.05) is 26.8 Å². The van der Waals surface area contributed by atoms with Gasteiger partial charge in [-0.15, -0.1) is 0 Å². The Balaban J connectivity index is 2.96. The second-order valence-corrected chi connectivity index (χ2v) is 7.21. The number of nitrogens with zero attached hydrogens (tertiary/aromatic N) is 1. The highest BCUT2D eigenvalue weighted by Crippen LogP contribution is 2.20. The SMILES string of the molecule is CC(C)C[C@H]1C(=O)N[C@H](C)CCCCN(C)C(=O)COC1CONO. The lowest BCUT2D eigenvalue weighted by Gasteiger charge is -2.28. The third kappa shape index (κ3) is 8.13. The van der Waals surface area contributed by atoms with Gasteiger partial charge in [-0.3, -0.25) is 19.6 Å². The summed E-state index contributed by atoms with van der Waals surface area (Å²) in [7, 11) is 1.75. The van der Waals surface area contributed by atoms with Crippen molar-refractivity contribution in [2.45, 2.75) is 58.6 Å². The zero-order chi connectivity index (χ0) is 18.8. The minimum atomic E-state index is -0.632. The Morgan fingerprint density at radius 3 is 2.76 bits per heavy atom. The smallest absolute Gasteiger partial charge is 0.248 e. The zero-order valence-electron chi connectivity index (χ0n) is 15.8. The van der Waals surface area contributed by atoms with Crippen LogP contribution in [0.4, 0.5) is 0 Å². The molecule has 0 radical (unpaired) electrons. The van der Waals surface area contributed by atoms with Crippen LogP contribution >= 0.6 is 0 Å². The topological polar surface area (TPSA) is 100 Å². The van der Waals surface area contributed by atoms with Gasteiger partial charge in [0, 0.05) is 19.6 Å². The molecule has 8 nitrogen and oxygen atoms in total. The number of carbonyl (C=O) groups excluding carboxylic acids is 2. The zero-order valence-corrected chi connectivity index (χ0v) is 15.8. The van der Waals surface area contributed by atoms with Crippen LogP contribution in [0.15, 0.2) is 0 Å². The molecule has 1 aliphatic rings. The maximum atomic E-state index is 12.8. The molecule has 0 aliphatic carbocycles. The van der Waals surface area contributed by atoms with Crippen LogP contribution in [-0.2, 0) is 19.2 Å². The van der Waals surface area contributed by atoms with E-state index in [0.29, 0.717) is 13.0 Å². The van der Waals surface area contributed by atoms with Crippen LogP contribution in [0, 0.1) is 11.8 Å². The summed E-state index contributed by atoms with van der Waals surface area (Å²) in [6.07, 6.45) is 2.66. The largest absolute Gasteiger partial charge is 0.365 e. The molecule has 3 N–H and O–H groups in total. The fourth-order valence-corrected chi connectivity index (χ4v) is 2.97. The number of ether oxygens (including phenoxy) is 1. The first-order chi connectivity index (χ1) is 11.8. The average Bonchev–Trinajstić information content (AvgIpc) is 2.56. The number of carbonyl (C=O) groups is 2. The first-order valence-electron chi connectivity index (χ1n) is 9.02. The molecule has 2 amide bonds. The molecule has 1 fully saturated rings. The molecule has 146 valence electrons. The summed E-state index contributed by atoms with van der Waals surface area (Å²) in [5.74, 6) is -0.422. The molecule has 1 saturated heterocycles. The first-order valence-corrected chi connectivity index (χ1v) is 9.02. The molecule has 1 unspecified atom stereocenters. The van der Waals surface area contributed by atoms with Crippen molar-refractivity contribution in [3.05, 3.63) is 0 Å². The van der Waals surface area contributed by atoms with Crippen molar-refractivity contribution in [2.24, 2.45) is 11.8 Å². The van der Waals surface area contributed by atoms with Gasteiger partial charge in [0.15, 0.2) is 0 Å². The predicted octanol–water partition coefficient (Wildman–Crippen LogP) is 1.09. The fourth-order valence-electron chi connectivity index (χ4n) is 2.97. The van der Waals surface area contributed by atoms with Crippen molar-refractivity contribution >= 4 is 11.8 Å². The van der Waals surface area contributed by atoms with Gasteiger partial charge >= 0.3 is 0 Å². The van der Waals surface area contributed by atoms with Gasteiger partial charge < -0.3 is 15.0 Å². The Morgan fingerprint density at radius 2 is 2.12 bits per heavy atom. The Hall–Kier alpha value is -1.22. The maximum absolute atomic E-state index is 12.8. The van der Waals surface area contributed by atoms with Crippen molar-refractivity contribution in [3.63, 3.8) is 0 Å². The molecular formula is C17H33N3O5. The Kier molecular flexibility index (Phi) is 9.96. The summed E-state index contributed by atoms with van der Waals surface area (Å²) < 4.78 is 5.73. The van der Waals surface area contributed by atoms with Crippen LogP contribution in [-0.4, -0.2) is 60.9 Å². The van der Waals surface area contributed by atoms with E-state index >= 15 is 0 Å². The van der Waals surface area contributed by atoms with E-state index in [2.05, 4.69) is 5.32 Å². The molecule has 0 aromatic rings. The summed E-state index contributed by atoms with van der Waals surface area (Å²) >= 11 is 0. The number of hydrogen-bond acceptors (Lipinski definition) is 6. The van der Waals surface area contributed by atoms with Gasteiger partial charge in [0.05, 0.1) is 18.6 Å². The van der Waals surface area contributed by atoms with Gasteiger partial charge in [0.25, 0.3) is 0 Å². The summed E-state index contributed by atoms with van der Waals surface area (Å²) in [4.78, 5) is 31.5. The van der Waals surface area contributed by atoms with E-state index in [1.54, 1.807) is 17.6 Å². The molecule has 0 aromatic heterocycles. The van der Waals surface area contributed by atoms with Gasteiger partial charge in [0.1, 0.15) is 6.61 Å². The lowest BCUT2D eigenvalue weighted by atomic mass is 9.91. The molecule has 0 aromatic carbocycles. The number of amides is 2. The standard InChI is InChI=1S/C17H33N3O5/c1-12(2)9-14-15(10-25-19-23)24-11-16(21)20(4)8-6-5-7-13(3)18-17(14)22/h12-15,19,23H,5-11H2,1-4H3,(H,18,22)/t13-,14-,15?/m1/s1. The third-order valence-electron chi connectivity index (χ3n) is 4.44. The van der Waals surface area contributed by atoms with E-state index < -0.39 is 12.0 Å². The second-order valence-electron chi connectivity index (χ2n) is 7.21. The predicted molar refractivity (Wildman–Crippen MR) is 92.7 cm³/mol. The summed E-state index contributed by atoms with van der Waals surface area (Å²) in [5.41, 5.74) is 1.62. The number of hydrogen-bond donors (Lipinski definition) is 3. The fraction of sp³-hybridized carbons (Fsp3) is 0.882. The van der Waals surface area contributed by atoms with Gasteiger partial charge in [0.2, 0.25) is 11.8 Å². The highest BCUT2D eigenvalue weighted by molar-refractivity contribution is 5.80. The molecule has 0 saturated carbocycles. The Labute approximate surface area is 150 Å². The maximum Gasteiger partial charge on any atom is 0.248 e. The van der Waals surface area contributed by atoms with E-state index in [-0.39, 0.29) is 37.0 Å². The van der Waals surface area contributed by atoms with Crippen molar-refractivity contribution < 1.29 is 24.4 Å². The number of nitrogens with one attached hydrogen (secondary N) is 2. The highest BCUT2D eigenvalue weighted by Gasteiger charge is 2.32. The molecule has 1 rings (SSSR count). The lowest BCUT2D eigenvalue weighted by Crippen LogP contribution is -2.46. The van der Waals surface area contributed by atoms with Gasteiger partial charge in [-0.1, -0.05) is 19.5 Å². The highest BCUT2D eigenvalue weighted by atomic mass is 16.8. The second kappa shape index (κ2) is 11.4. The molecule has 25 heavy (non-hydrogen) atoms. The van der Waals surface area contributed by atoms with Crippen molar-refractivity contribution in [3.8, 4) is 0 Å².